The van der Waals surface area contributed by atoms with Crippen molar-refractivity contribution in [1.29, 1.82) is 0 Å². The minimum absolute atomic E-state index is 0.00531. The summed E-state index contributed by atoms with van der Waals surface area (Å²) in [6.45, 7) is 1.20. The van der Waals surface area contributed by atoms with E-state index >= 15 is 0 Å². The number of hydrogen-bond acceptors (Lipinski definition) is 2. The third-order valence-corrected chi connectivity index (χ3v) is 3.73. The summed E-state index contributed by atoms with van der Waals surface area (Å²) >= 11 is 3.27. The summed E-state index contributed by atoms with van der Waals surface area (Å²) in [6.07, 6.45) is -4.73. The number of anilines is 2. The fourth-order valence-electron chi connectivity index (χ4n) is 2.15. The van der Waals surface area contributed by atoms with Crippen LogP contribution in [0.2, 0.25) is 0 Å². The molecule has 132 valence electrons. The van der Waals surface area contributed by atoms with Gasteiger partial charge >= 0.3 is 6.18 Å². The van der Waals surface area contributed by atoms with Crippen LogP contribution in [0.4, 0.5) is 24.5 Å². The van der Waals surface area contributed by atoms with Gasteiger partial charge in [-0.1, -0.05) is 28.1 Å². The zero-order valence-electron chi connectivity index (χ0n) is 13.1. The molecule has 0 heterocycles. The molecule has 0 fully saturated rings. The second-order valence-electron chi connectivity index (χ2n) is 5.29. The predicted octanol–water partition coefficient (Wildman–Crippen LogP) is 4.61. The Balaban J connectivity index is 2.21. The zero-order valence-corrected chi connectivity index (χ0v) is 14.7. The number of alkyl halides is 3. The molecule has 0 saturated heterocycles. The summed E-state index contributed by atoms with van der Waals surface area (Å²) < 4.78 is 40.5. The second kappa shape index (κ2) is 7.69. The number of nitrogens with one attached hydrogen (secondary N) is 2. The van der Waals surface area contributed by atoms with Crippen LogP contribution in [-0.4, -0.2) is 11.8 Å². The average molecular weight is 415 g/mol. The van der Waals surface area contributed by atoms with Gasteiger partial charge in [0.15, 0.2) is 0 Å². The number of amides is 2. The van der Waals surface area contributed by atoms with Gasteiger partial charge in [0, 0.05) is 17.1 Å². The van der Waals surface area contributed by atoms with E-state index in [1.165, 1.54) is 13.0 Å². The molecule has 2 aromatic rings. The summed E-state index contributed by atoms with van der Waals surface area (Å²) in [6, 6.07) is 10.1. The molecule has 0 saturated carbocycles. The van der Waals surface area contributed by atoms with Gasteiger partial charge in [-0.25, -0.2) is 0 Å². The molecule has 8 heteroatoms. The van der Waals surface area contributed by atoms with Gasteiger partial charge in [0.25, 0.3) is 0 Å². The van der Waals surface area contributed by atoms with Crippen LogP contribution in [-0.2, 0) is 22.2 Å². The molecule has 4 nitrogen and oxygen atoms in total. The highest BCUT2D eigenvalue weighted by Gasteiger charge is 2.34. The van der Waals surface area contributed by atoms with Gasteiger partial charge in [0.1, 0.15) is 0 Å². The SMILES string of the molecule is CC(=O)Nc1ccc(NC(=O)Cc2ccc(Br)cc2)c(C(F)(F)F)c1. The van der Waals surface area contributed by atoms with Crippen LogP contribution in [0.25, 0.3) is 0 Å². The lowest BCUT2D eigenvalue weighted by Crippen LogP contribution is -2.19. The molecule has 2 rings (SSSR count). The van der Waals surface area contributed by atoms with Crippen LogP contribution in [0.1, 0.15) is 18.1 Å². The second-order valence-corrected chi connectivity index (χ2v) is 6.21. The van der Waals surface area contributed by atoms with E-state index in [0.29, 0.717) is 5.56 Å². The number of halogens is 4. The molecule has 0 atom stereocenters. The normalized spacial score (nSPS) is 11.1. The summed E-state index contributed by atoms with van der Waals surface area (Å²) in [7, 11) is 0. The maximum atomic E-state index is 13.2. The number of hydrogen-bond donors (Lipinski definition) is 2. The van der Waals surface area contributed by atoms with Crippen molar-refractivity contribution in [1.82, 2.24) is 0 Å². The highest BCUT2D eigenvalue weighted by Crippen LogP contribution is 2.36. The van der Waals surface area contributed by atoms with E-state index in [1.807, 2.05) is 0 Å². The van der Waals surface area contributed by atoms with Gasteiger partial charge in [-0.15, -0.1) is 0 Å². The van der Waals surface area contributed by atoms with E-state index in [9.17, 15) is 22.8 Å². The number of carbonyl (C=O) groups excluding carboxylic acids is 2. The molecule has 2 N–H and O–H groups in total. The molecule has 2 aromatic carbocycles. The Morgan fingerprint density at radius 1 is 1.04 bits per heavy atom. The number of carbonyl (C=O) groups is 2. The van der Waals surface area contributed by atoms with Crippen LogP contribution in [0, 0.1) is 0 Å². The topological polar surface area (TPSA) is 58.2 Å². The molecule has 0 aliphatic rings. The number of rotatable bonds is 4. The predicted molar refractivity (Wildman–Crippen MR) is 92.2 cm³/mol. The van der Waals surface area contributed by atoms with Gasteiger partial charge in [0.05, 0.1) is 17.7 Å². The van der Waals surface area contributed by atoms with Crippen molar-refractivity contribution in [3.63, 3.8) is 0 Å². The van der Waals surface area contributed by atoms with Gasteiger partial charge in [-0.05, 0) is 35.9 Å². The van der Waals surface area contributed by atoms with Crippen molar-refractivity contribution in [2.75, 3.05) is 10.6 Å². The molecular weight excluding hydrogens is 401 g/mol. The Hall–Kier alpha value is -2.35. The standard InChI is InChI=1S/C17H14BrF3N2O2/c1-10(24)22-13-6-7-15(14(9-13)17(19,20)21)23-16(25)8-11-2-4-12(18)5-3-11/h2-7,9H,8H2,1H3,(H,22,24)(H,23,25). The van der Waals surface area contributed by atoms with Crippen LogP contribution in [0.3, 0.4) is 0 Å². The Morgan fingerprint density at radius 3 is 2.24 bits per heavy atom. The van der Waals surface area contributed by atoms with Crippen LogP contribution in [0.15, 0.2) is 46.9 Å². The maximum absolute atomic E-state index is 13.2. The van der Waals surface area contributed by atoms with E-state index in [-0.39, 0.29) is 17.8 Å². The van der Waals surface area contributed by atoms with Crippen molar-refractivity contribution >= 4 is 39.1 Å². The van der Waals surface area contributed by atoms with Crippen molar-refractivity contribution in [3.05, 3.63) is 58.1 Å². The molecule has 0 spiro atoms. The maximum Gasteiger partial charge on any atom is 0.418 e. The van der Waals surface area contributed by atoms with Crippen LogP contribution in [0.5, 0.6) is 0 Å². The fraction of sp³-hybridized carbons (Fsp3) is 0.176. The monoisotopic (exact) mass is 414 g/mol. The van der Waals surface area contributed by atoms with Crippen molar-refractivity contribution < 1.29 is 22.8 Å². The third-order valence-electron chi connectivity index (χ3n) is 3.20. The Morgan fingerprint density at radius 2 is 1.68 bits per heavy atom. The third kappa shape index (κ3) is 5.60. The molecule has 0 aromatic heterocycles. The molecule has 0 bridgehead atoms. The minimum atomic E-state index is -4.67. The first-order valence-corrected chi connectivity index (χ1v) is 7.97. The average Bonchev–Trinajstić information content (AvgIpc) is 2.49. The van der Waals surface area contributed by atoms with E-state index in [1.54, 1.807) is 24.3 Å². The zero-order chi connectivity index (χ0) is 18.6. The lowest BCUT2D eigenvalue weighted by molar-refractivity contribution is -0.137. The fourth-order valence-corrected chi connectivity index (χ4v) is 2.42. The number of benzene rings is 2. The van der Waals surface area contributed by atoms with Gasteiger partial charge in [0.2, 0.25) is 11.8 Å². The highest BCUT2D eigenvalue weighted by molar-refractivity contribution is 9.10. The largest absolute Gasteiger partial charge is 0.418 e. The van der Waals surface area contributed by atoms with Crippen molar-refractivity contribution in [2.24, 2.45) is 0 Å². The quantitative estimate of drug-likeness (QED) is 0.767. The summed E-state index contributed by atoms with van der Waals surface area (Å²) in [5.74, 6) is -1.06. The molecule has 2 amide bonds. The van der Waals surface area contributed by atoms with Crippen molar-refractivity contribution in [2.45, 2.75) is 19.5 Å². The molecule has 25 heavy (non-hydrogen) atoms. The van der Waals surface area contributed by atoms with Gasteiger partial charge in [-0.3, -0.25) is 9.59 Å². The molecule has 0 radical (unpaired) electrons. The summed E-state index contributed by atoms with van der Waals surface area (Å²) in [5, 5.41) is 4.56. The smallest absolute Gasteiger partial charge is 0.326 e. The molecule has 0 aliphatic carbocycles. The molecule has 0 unspecified atom stereocenters. The Labute approximate surface area is 150 Å². The van der Waals surface area contributed by atoms with Gasteiger partial charge < -0.3 is 10.6 Å². The van der Waals surface area contributed by atoms with Gasteiger partial charge in [-0.2, -0.15) is 13.2 Å². The Kier molecular flexibility index (Phi) is 5.84. The molecular formula is C17H14BrF3N2O2. The van der Waals surface area contributed by atoms with E-state index < -0.39 is 23.6 Å². The van der Waals surface area contributed by atoms with Crippen molar-refractivity contribution in [3.8, 4) is 0 Å². The van der Waals surface area contributed by atoms with E-state index in [0.717, 1.165) is 16.6 Å². The highest BCUT2D eigenvalue weighted by atomic mass is 79.9. The van der Waals surface area contributed by atoms with Crippen LogP contribution < -0.4 is 10.6 Å². The summed E-state index contributed by atoms with van der Waals surface area (Å²) in [4.78, 5) is 23.0. The van der Waals surface area contributed by atoms with E-state index in [2.05, 4.69) is 26.6 Å². The van der Waals surface area contributed by atoms with Crippen LogP contribution >= 0.6 is 15.9 Å². The lowest BCUT2D eigenvalue weighted by atomic mass is 10.1. The van der Waals surface area contributed by atoms with E-state index in [4.69, 9.17) is 0 Å². The lowest BCUT2D eigenvalue weighted by Gasteiger charge is -2.15. The molecule has 0 aliphatic heterocycles. The minimum Gasteiger partial charge on any atom is -0.326 e. The first kappa shape index (κ1) is 19.0. The first-order valence-electron chi connectivity index (χ1n) is 7.18. The summed E-state index contributed by atoms with van der Waals surface area (Å²) in [5.41, 5.74) is -0.707. The Bertz CT molecular complexity index is 789. The first-order chi connectivity index (χ1) is 11.6.